The van der Waals surface area contributed by atoms with Gasteiger partial charge in [-0.25, -0.2) is 0 Å². The van der Waals surface area contributed by atoms with Crippen molar-refractivity contribution in [2.45, 2.75) is 0 Å². The number of nitrogens with two attached hydrogens (primary N) is 1. The number of benzene rings is 1. The molecule has 3 N–H and O–H groups in total. The molecule has 0 spiro atoms. The van der Waals surface area contributed by atoms with Gasteiger partial charge in [0.1, 0.15) is 10.8 Å². The van der Waals surface area contributed by atoms with Crippen LogP contribution in [0.2, 0.25) is 0 Å². The molecule has 1 heterocycles. The summed E-state index contributed by atoms with van der Waals surface area (Å²) in [5.74, 6) is 0.155. The van der Waals surface area contributed by atoms with E-state index in [9.17, 15) is 4.79 Å². The van der Waals surface area contributed by atoms with Gasteiger partial charge >= 0.3 is 0 Å². The smallest absolute Gasteiger partial charge is 0.272 e. The van der Waals surface area contributed by atoms with Gasteiger partial charge in [0, 0.05) is 17.2 Å². The first-order valence-electron chi connectivity index (χ1n) is 4.74. The number of carbonyl (C=O) groups is 1. The lowest BCUT2D eigenvalue weighted by molar-refractivity contribution is 0.0996. The van der Waals surface area contributed by atoms with Gasteiger partial charge in [0.05, 0.1) is 7.11 Å². The van der Waals surface area contributed by atoms with Gasteiger partial charge in [0.2, 0.25) is 0 Å². The summed E-state index contributed by atoms with van der Waals surface area (Å²) >= 11 is 1.08. The van der Waals surface area contributed by atoms with Gasteiger partial charge in [0.25, 0.3) is 5.91 Å². The Labute approximate surface area is 102 Å². The van der Waals surface area contributed by atoms with Crippen LogP contribution in [0.4, 0.5) is 10.7 Å². The number of amides is 1. The van der Waals surface area contributed by atoms with Crippen molar-refractivity contribution in [3.05, 3.63) is 30.0 Å². The number of ether oxygens (including phenoxy) is 1. The lowest BCUT2D eigenvalue weighted by atomic mass is 10.3. The molecule has 0 radical (unpaired) electrons. The van der Waals surface area contributed by atoms with Crippen molar-refractivity contribution in [3.8, 4) is 5.75 Å². The van der Waals surface area contributed by atoms with Crippen molar-refractivity contribution in [2.24, 2.45) is 5.73 Å². The second kappa shape index (κ2) is 4.79. The number of primary amides is 1. The van der Waals surface area contributed by atoms with Crippen LogP contribution in [-0.4, -0.2) is 22.6 Å². The molecule has 0 saturated carbocycles. The van der Waals surface area contributed by atoms with Crippen molar-refractivity contribution >= 4 is 28.1 Å². The first-order chi connectivity index (χ1) is 8.20. The zero-order valence-corrected chi connectivity index (χ0v) is 9.82. The fourth-order valence-electron chi connectivity index (χ4n) is 1.24. The van der Waals surface area contributed by atoms with Crippen LogP contribution < -0.4 is 15.8 Å². The third-order valence-corrected chi connectivity index (χ3v) is 2.71. The average Bonchev–Trinajstić information content (AvgIpc) is 2.78. The molecule has 7 heteroatoms. The molecule has 2 rings (SSSR count). The predicted molar refractivity (Wildman–Crippen MR) is 64.7 cm³/mol. The van der Waals surface area contributed by atoms with E-state index in [1.165, 1.54) is 0 Å². The molecule has 2 aromatic rings. The monoisotopic (exact) mass is 250 g/mol. The Bertz CT molecular complexity index is 523. The number of aromatic nitrogens is 2. The number of hydrogen-bond donors (Lipinski definition) is 2. The van der Waals surface area contributed by atoms with Crippen LogP contribution in [0.3, 0.4) is 0 Å². The number of rotatable bonds is 4. The van der Waals surface area contributed by atoms with Gasteiger partial charge in [-0.3, -0.25) is 4.79 Å². The number of nitrogens with zero attached hydrogens (tertiary/aromatic N) is 2. The first kappa shape index (κ1) is 11.3. The Morgan fingerprint density at radius 2 is 2.12 bits per heavy atom. The zero-order chi connectivity index (χ0) is 12.3. The van der Waals surface area contributed by atoms with Gasteiger partial charge in [-0.1, -0.05) is 4.49 Å². The van der Waals surface area contributed by atoms with E-state index < -0.39 is 5.91 Å². The van der Waals surface area contributed by atoms with Crippen LogP contribution in [0, 0.1) is 0 Å². The molecule has 0 saturated heterocycles. The number of carbonyl (C=O) groups excluding carboxylic acids is 1. The molecule has 0 bridgehead atoms. The molecule has 17 heavy (non-hydrogen) atoms. The number of methoxy groups -OCH3 is 1. The summed E-state index contributed by atoms with van der Waals surface area (Å²) in [5, 5.41) is 7.20. The minimum Gasteiger partial charge on any atom is -0.497 e. The van der Waals surface area contributed by atoms with Gasteiger partial charge in [-0.2, -0.15) is 0 Å². The van der Waals surface area contributed by atoms with Crippen molar-refractivity contribution in [1.82, 2.24) is 9.59 Å². The molecule has 0 aliphatic heterocycles. The Balaban J connectivity index is 2.19. The fraction of sp³-hybridized carbons (Fsp3) is 0.100. The summed E-state index contributed by atoms with van der Waals surface area (Å²) in [5.41, 5.74) is 6.11. The van der Waals surface area contributed by atoms with Gasteiger partial charge < -0.3 is 15.8 Å². The Morgan fingerprint density at radius 3 is 2.71 bits per heavy atom. The molecular weight excluding hydrogens is 240 g/mol. The predicted octanol–water partition coefficient (Wildman–Crippen LogP) is 1.39. The van der Waals surface area contributed by atoms with Crippen LogP contribution in [0.1, 0.15) is 10.5 Å². The largest absolute Gasteiger partial charge is 0.497 e. The molecule has 0 unspecified atom stereocenters. The van der Waals surface area contributed by atoms with Crippen LogP contribution >= 0.6 is 11.5 Å². The van der Waals surface area contributed by atoms with E-state index in [0.717, 1.165) is 23.0 Å². The maximum atomic E-state index is 11.0. The summed E-state index contributed by atoms with van der Waals surface area (Å²) in [4.78, 5) is 11.0. The van der Waals surface area contributed by atoms with E-state index >= 15 is 0 Å². The van der Waals surface area contributed by atoms with Gasteiger partial charge in [0.15, 0.2) is 5.69 Å². The SMILES string of the molecule is COc1ccc(Nc2snnc2C(N)=O)cc1. The standard InChI is InChI=1S/C10H10N4O2S/c1-16-7-4-2-6(3-5-7)12-10-8(9(11)15)13-14-17-10/h2-5,12H,1H3,(H2,11,15). The number of anilines is 2. The summed E-state index contributed by atoms with van der Waals surface area (Å²) < 4.78 is 8.72. The third-order valence-electron chi connectivity index (χ3n) is 2.07. The quantitative estimate of drug-likeness (QED) is 0.855. The van der Waals surface area contributed by atoms with Crippen molar-refractivity contribution in [2.75, 3.05) is 12.4 Å². The molecule has 6 nitrogen and oxygen atoms in total. The molecular formula is C10H10N4O2S. The molecule has 0 fully saturated rings. The molecule has 88 valence electrons. The fourth-order valence-corrected chi connectivity index (χ4v) is 1.83. The lowest BCUT2D eigenvalue weighted by Crippen LogP contribution is -2.13. The molecule has 0 aliphatic carbocycles. The lowest BCUT2D eigenvalue weighted by Gasteiger charge is -2.05. The van der Waals surface area contributed by atoms with Crippen molar-refractivity contribution < 1.29 is 9.53 Å². The average molecular weight is 250 g/mol. The van der Waals surface area contributed by atoms with Crippen molar-refractivity contribution in [1.29, 1.82) is 0 Å². The van der Waals surface area contributed by atoms with Crippen LogP contribution in [-0.2, 0) is 0 Å². The molecule has 1 amide bonds. The molecule has 0 aliphatic rings. The second-order valence-electron chi connectivity index (χ2n) is 3.17. The van der Waals surface area contributed by atoms with E-state index in [1.54, 1.807) is 19.2 Å². The normalized spacial score (nSPS) is 9.94. The minimum atomic E-state index is -0.602. The highest BCUT2D eigenvalue weighted by Gasteiger charge is 2.13. The van der Waals surface area contributed by atoms with Crippen LogP contribution in [0.25, 0.3) is 0 Å². The topological polar surface area (TPSA) is 90.1 Å². The van der Waals surface area contributed by atoms with E-state index in [-0.39, 0.29) is 5.69 Å². The zero-order valence-electron chi connectivity index (χ0n) is 9.01. The van der Waals surface area contributed by atoms with E-state index in [1.807, 2.05) is 12.1 Å². The Kier molecular flexibility index (Phi) is 3.20. The summed E-state index contributed by atoms with van der Waals surface area (Å²) in [6.07, 6.45) is 0. The second-order valence-corrected chi connectivity index (χ2v) is 3.92. The summed E-state index contributed by atoms with van der Waals surface area (Å²) in [6.45, 7) is 0. The molecule has 1 aromatic heterocycles. The molecule has 1 aromatic carbocycles. The van der Waals surface area contributed by atoms with Gasteiger partial charge in [-0.15, -0.1) is 5.10 Å². The van der Waals surface area contributed by atoms with Crippen LogP contribution in [0.15, 0.2) is 24.3 Å². The van der Waals surface area contributed by atoms with Crippen molar-refractivity contribution in [3.63, 3.8) is 0 Å². The maximum absolute atomic E-state index is 11.0. The summed E-state index contributed by atoms with van der Waals surface area (Å²) in [6, 6.07) is 7.26. The summed E-state index contributed by atoms with van der Waals surface area (Å²) in [7, 11) is 1.60. The Morgan fingerprint density at radius 1 is 1.41 bits per heavy atom. The molecule has 0 atom stereocenters. The highest BCUT2D eigenvalue weighted by atomic mass is 32.1. The van der Waals surface area contributed by atoms with E-state index in [2.05, 4.69) is 14.9 Å². The third kappa shape index (κ3) is 2.51. The minimum absolute atomic E-state index is 0.144. The van der Waals surface area contributed by atoms with Crippen LogP contribution in [0.5, 0.6) is 5.75 Å². The maximum Gasteiger partial charge on any atom is 0.272 e. The van der Waals surface area contributed by atoms with E-state index in [0.29, 0.717) is 5.00 Å². The van der Waals surface area contributed by atoms with Gasteiger partial charge in [-0.05, 0) is 24.3 Å². The Hall–Kier alpha value is -2.15. The first-order valence-corrected chi connectivity index (χ1v) is 5.51. The highest BCUT2D eigenvalue weighted by Crippen LogP contribution is 2.24. The van der Waals surface area contributed by atoms with E-state index in [4.69, 9.17) is 10.5 Å². The number of nitrogens with one attached hydrogen (secondary N) is 1. The highest BCUT2D eigenvalue weighted by molar-refractivity contribution is 7.10. The number of hydrogen-bond acceptors (Lipinski definition) is 6.